The van der Waals surface area contributed by atoms with Crippen molar-refractivity contribution in [1.29, 1.82) is 0 Å². The van der Waals surface area contributed by atoms with Gasteiger partial charge in [0, 0.05) is 18.2 Å². The van der Waals surface area contributed by atoms with E-state index in [2.05, 4.69) is 42.8 Å². The first kappa shape index (κ1) is 9.34. The second-order valence-electron chi connectivity index (χ2n) is 4.31. The Morgan fingerprint density at radius 2 is 2.06 bits per heavy atom. The second-order valence-corrected chi connectivity index (χ2v) is 4.31. The van der Waals surface area contributed by atoms with Gasteiger partial charge in [-0.15, -0.1) is 0 Å². The molecule has 16 heavy (non-hydrogen) atoms. The minimum Gasteiger partial charge on any atom is -0.260 e. The monoisotopic (exact) mass is 207 g/mol. The predicted octanol–water partition coefficient (Wildman–Crippen LogP) is 3.36. The normalized spacial score (nSPS) is 13.2. The van der Waals surface area contributed by atoms with Gasteiger partial charge in [0.1, 0.15) is 0 Å². The zero-order valence-corrected chi connectivity index (χ0v) is 9.33. The fourth-order valence-corrected chi connectivity index (χ4v) is 2.30. The van der Waals surface area contributed by atoms with Gasteiger partial charge >= 0.3 is 0 Å². The zero-order valence-electron chi connectivity index (χ0n) is 9.33. The molecule has 0 aliphatic heterocycles. The maximum absolute atomic E-state index is 4.43. The van der Waals surface area contributed by atoms with E-state index in [9.17, 15) is 0 Å². The standard InChI is InChI=1S/C15H13N/c1-10-5-6-12-9-15-13(4-3-7-16-15)11(2)14(12)8-10/h3-8H,2,9H2,1H3. The lowest BCUT2D eigenvalue weighted by molar-refractivity contribution is 1.03. The molecule has 3 rings (SSSR count). The van der Waals surface area contributed by atoms with E-state index in [1.54, 1.807) is 0 Å². The molecule has 2 aromatic rings. The summed E-state index contributed by atoms with van der Waals surface area (Å²) in [7, 11) is 0. The van der Waals surface area contributed by atoms with Crippen molar-refractivity contribution in [3.05, 3.63) is 71.1 Å². The summed E-state index contributed by atoms with van der Waals surface area (Å²) in [5.41, 5.74) is 7.34. The largest absolute Gasteiger partial charge is 0.260 e. The third-order valence-electron chi connectivity index (χ3n) is 3.16. The number of pyridine rings is 1. The van der Waals surface area contributed by atoms with Crippen LogP contribution >= 0.6 is 0 Å². The Morgan fingerprint density at radius 1 is 1.19 bits per heavy atom. The third-order valence-corrected chi connectivity index (χ3v) is 3.16. The number of hydrogen-bond donors (Lipinski definition) is 0. The predicted molar refractivity (Wildman–Crippen MR) is 66.4 cm³/mol. The van der Waals surface area contributed by atoms with Crippen LogP contribution in [0.2, 0.25) is 0 Å². The van der Waals surface area contributed by atoms with Crippen molar-refractivity contribution in [2.24, 2.45) is 0 Å². The van der Waals surface area contributed by atoms with Crippen molar-refractivity contribution in [2.45, 2.75) is 13.3 Å². The Labute approximate surface area is 95.5 Å². The first-order chi connectivity index (χ1) is 7.75. The fraction of sp³-hybridized carbons (Fsp3) is 0.133. The van der Waals surface area contributed by atoms with Crippen molar-refractivity contribution >= 4 is 5.57 Å². The SMILES string of the molecule is C=C1c2cc(C)ccc2Cc2ncccc21. The highest BCUT2D eigenvalue weighted by Gasteiger charge is 2.18. The molecule has 1 aliphatic rings. The van der Waals surface area contributed by atoms with Crippen LogP contribution in [0.3, 0.4) is 0 Å². The molecule has 1 nitrogen and oxygen atoms in total. The van der Waals surface area contributed by atoms with Gasteiger partial charge in [0.15, 0.2) is 0 Å². The molecule has 1 aliphatic carbocycles. The van der Waals surface area contributed by atoms with Crippen LogP contribution in [0.4, 0.5) is 0 Å². The van der Waals surface area contributed by atoms with E-state index in [0.717, 1.165) is 17.7 Å². The molecule has 78 valence electrons. The van der Waals surface area contributed by atoms with E-state index in [1.807, 2.05) is 12.3 Å². The van der Waals surface area contributed by atoms with Gasteiger partial charge < -0.3 is 0 Å². The summed E-state index contributed by atoms with van der Waals surface area (Å²) in [6.07, 6.45) is 2.77. The molecule has 0 atom stereocenters. The van der Waals surface area contributed by atoms with Crippen molar-refractivity contribution in [3.63, 3.8) is 0 Å². The Bertz CT molecular complexity index is 582. The number of aryl methyl sites for hydroxylation is 1. The van der Waals surface area contributed by atoms with Gasteiger partial charge in [-0.3, -0.25) is 4.98 Å². The maximum Gasteiger partial charge on any atom is 0.0525 e. The quantitative estimate of drug-likeness (QED) is 0.551. The average Bonchev–Trinajstić information content (AvgIpc) is 2.31. The van der Waals surface area contributed by atoms with Gasteiger partial charge in [0.05, 0.1) is 5.69 Å². The molecule has 0 unspecified atom stereocenters. The number of benzene rings is 1. The summed E-state index contributed by atoms with van der Waals surface area (Å²) in [5, 5.41) is 0. The highest BCUT2D eigenvalue weighted by atomic mass is 14.7. The summed E-state index contributed by atoms with van der Waals surface area (Å²) in [6, 6.07) is 10.6. The van der Waals surface area contributed by atoms with Gasteiger partial charge in [-0.2, -0.15) is 0 Å². The first-order valence-electron chi connectivity index (χ1n) is 5.49. The van der Waals surface area contributed by atoms with Crippen molar-refractivity contribution in [2.75, 3.05) is 0 Å². The summed E-state index contributed by atoms with van der Waals surface area (Å²) in [5.74, 6) is 0. The highest BCUT2D eigenvalue weighted by molar-refractivity contribution is 5.83. The molecule has 0 saturated carbocycles. The van der Waals surface area contributed by atoms with Crippen LogP contribution in [0.5, 0.6) is 0 Å². The molecule has 0 spiro atoms. The lowest BCUT2D eigenvalue weighted by Gasteiger charge is -2.21. The number of fused-ring (bicyclic) bond motifs is 2. The number of rotatable bonds is 0. The van der Waals surface area contributed by atoms with Crippen LogP contribution in [-0.2, 0) is 6.42 Å². The third kappa shape index (κ3) is 1.28. The summed E-state index contributed by atoms with van der Waals surface area (Å²) >= 11 is 0. The van der Waals surface area contributed by atoms with Crippen molar-refractivity contribution < 1.29 is 0 Å². The van der Waals surface area contributed by atoms with Crippen LogP contribution in [0.15, 0.2) is 43.1 Å². The van der Waals surface area contributed by atoms with E-state index in [4.69, 9.17) is 0 Å². The average molecular weight is 207 g/mol. The van der Waals surface area contributed by atoms with Gasteiger partial charge in [-0.25, -0.2) is 0 Å². The molecular weight excluding hydrogens is 194 g/mol. The minimum atomic E-state index is 0.921. The second kappa shape index (κ2) is 3.31. The zero-order chi connectivity index (χ0) is 11.1. The van der Waals surface area contributed by atoms with E-state index in [-0.39, 0.29) is 0 Å². The first-order valence-corrected chi connectivity index (χ1v) is 5.49. The molecule has 1 aromatic heterocycles. The van der Waals surface area contributed by atoms with Crippen LogP contribution in [0.1, 0.15) is 27.9 Å². The maximum atomic E-state index is 4.43. The molecule has 1 aromatic carbocycles. The number of hydrogen-bond acceptors (Lipinski definition) is 1. The Balaban J connectivity index is 2.23. The van der Waals surface area contributed by atoms with Crippen molar-refractivity contribution in [3.8, 4) is 0 Å². The molecule has 0 radical (unpaired) electrons. The lowest BCUT2D eigenvalue weighted by atomic mass is 9.85. The van der Waals surface area contributed by atoms with E-state index < -0.39 is 0 Å². The van der Waals surface area contributed by atoms with Gasteiger partial charge in [-0.1, -0.05) is 36.4 Å². The Hall–Kier alpha value is -1.89. The fourth-order valence-electron chi connectivity index (χ4n) is 2.30. The van der Waals surface area contributed by atoms with Gasteiger partial charge in [0.25, 0.3) is 0 Å². The Kier molecular flexibility index (Phi) is 1.93. The molecule has 0 N–H and O–H groups in total. The smallest absolute Gasteiger partial charge is 0.0525 e. The topological polar surface area (TPSA) is 12.9 Å². The minimum absolute atomic E-state index is 0.921. The summed E-state index contributed by atoms with van der Waals surface area (Å²) in [6.45, 7) is 6.32. The van der Waals surface area contributed by atoms with Gasteiger partial charge in [-0.05, 0) is 29.7 Å². The molecule has 1 heterocycles. The van der Waals surface area contributed by atoms with E-state index in [0.29, 0.717) is 0 Å². The molecule has 0 amide bonds. The van der Waals surface area contributed by atoms with Crippen LogP contribution in [0.25, 0.3) is 5.57 Å². The summed E-state index contributed by atoms with van der Waals surface area (Å²) < 4.78 is 0. The number of aromatic nitrogens is 1. The van der Waals surface area contributed by atoms with Gasteiger partial charge in [0.2, 0.25) is 0 Å². The molecule has 0 bridgehead atoms. The highest BCUT2D eigenvalue weighted by Crippen LogP contribution is 2.33. The number of nitrogens with zero attached hydrogens (tertiary/aromatic N) is 1. The molecule has 1 heteroatoms. The molecule has 0 fully saturated rings. The molecule has 0 saturated heterocycles. The molecular formula is C15H13N. The van der Waals surface area contributed by atoms with Crippen LogP contribution < -0.4 is 0 Å². The summed E-state index contributed by atoms with van der Waals surface area (Å²) in [4.78, 5) is 4.43. The van der Waals surface area contributed by atoms with E-state index >= 15 is 0 Å². The van der Waals surface area contributed by atoms with E-state index in [1.165, 1.54) is 22.3 Å². The van der Waals surface area contributed by atoms with Crippen LogP contribution in [-0.4, -0.2) is 4.98 Å². The lowest BCUT2D eigenvalue weighted by Crippen LogP contribution is -2.07. The Morgan fingerprint density at radius 3 is 2.94 bits per heavy atom. The van der Waals surface area contributed by atoms with Crippen LogP contribution in [0, 0.1) is 6.92 Å². The van der Waals surface area contributed by atoms with Crippen molar-refractivity contribution in [1.82, 2.24) is 4.98 Å².